The van der Waals surface area contributed by atoms with Gasteiger partial charge in [-0.1, -0.05) is 11.6 Å². The number of halogens is 1. The van der Waals surface area contributed by atoms with Gasteiger partial charge in [0.2, 0.25) is 5.95 Å². The van der Waals surface area contributed by atoms with Crippen LogP contribution in [0.4, 0.5) is 11.6 Å². The molecule has 0 atom stereocenters. The molecule has 1 aromatic carbocycles. The molecule has 2 aromatic heterocycles. The number of nitrogens with one attached hydrogen (secondary N) is 2. The van der Waals surface area contributed by atoms with Crippen molar-refractivity contribution in [2.75, 3.05) is 11.1 Å². The zero-order valence-electron chi connectivity index (χ0n) is 10.1. The van der Waals surface area contributed by atoms with Gasteiger partial charge in [-0.3, -0.25) is 10.1 Å². The highest BCUT2D eigenvalue weighted by atomic mass is 35.5. The number of carbonyl (C=O) groups is 1. The van der Waals surface area contributed by atoms with Crippen LogP contribution in [-0.4, -0.2) is 25.8 Å². The molecule has 0 saturated carbocycles. The minimum absolute atomic E-state index is 0.147. The minimum atomic E-state index is -0.431. The van der Waals surface area contributed by atoms with Crippen LogP contribution in [-0.2, 0) is 0 Å². The Morgan fingerprint density at radius 2 is 2.20 bits per heavy atom. The molecule has 8 heteroatoms. The van der Waals surface area contributed by atoms with Crippen LogP contribution < -0.4 is 11.1 Å². The summed E-state index contributed by atoms with van der Waals surface area (Å²) in [7, 11) is 0. The van der Waals surface area contributed by atoms with Crippen LogP contribution in [0, 0.1) is 0 Å². The molecule has 4 N–H and O–H groups in total. The highest BCUT2D eigenvalue weighted by molar-refractivity contribution is 6.31. The third-order valence-corrected chi connectivity index (χ3v) is 2.90. The van der Waals surface area contributed by atoms with Gasteiger partial charge >= 0.3 is 0 Å². The summed E-state index contributed by atoms with van der Waals surface area (Å²) < 4.78 is 0. The molecule has 7 nitrogen and oxygen atoms in total. The van der Waals surface area contributed by atoms with Gasteiger partial charge in [0.05, 0.1) is 18.1 Å². The number of hydrogen-bond donors (Lipinski definition) is 3. The number of anilines is 2. The second-order valence-corrected chi connectivity index (χ2v) is 4.46. The molecule has 0 unspecified atom stereocenters. The number of amides is 1. The first-order chi connectivity index (χ1) is 9.63. The van der Waals surface area contributed by atoms with Crippen molar-refractivity contribution in [3.8, 4) is 0 Å². The number of aromatic nitrogens is 4. The standard InChI is InChI=1S/C12H9ClN6O/c13-6-1-2-8(14)7(3-6)11(20)19-12-15-4-9-10(18-12)17-5-16-9/h1-5H,14H2,(H2,15,16,17,18,19,20). The number of nitrogens with zero attached hydrogens (tertiary/aromatic N) is 3. The molecule has 1 amide bonds. The van der Waals surface area contributed by atoms with E-state index < -0.39 is 5.91 Å². The highest BCUT2D eigenvalue weighted by Gasteiger charge is 2.12. The first kappa shape index (κ1) is 12.4. The van der Waals surface area contributed by atoms with E-state index >= 15 is 0 Å². The molecule has 0 spiro atoms. The summed E-state index contributed by atoms with van der Waals surface area (Å²) >= 11 is 5.85. The Morgan fingerprint density at radius 1 is 1.35 bits per heavy atom. The van der Waals surface area contributed by atoms with E-state index in [1.165, 1.54) is 18.6 Å². The number of nitrogens with two attached hydrogens (primary N) is 1. The number of imidazole rings is 1. The number of fused-ring (bicyclic) bond motifs is 1. The molecule has 0 bridgehead atoms. The molecule has 20 heavy (non-hydrogen) atoms. The van der Waals surface area contributed by atoms with E-state index in [0.717, 1.165) is 0 Å². The van der Waals surface area contributed by atoms with Gasteiger partial charge in [-0.15, -0.1) is 0 Å². The van der Waals surface area contributed by atoms with Crippen molar-refractivity contribution in [2.45, 2.75) is 0 Å². The van der Waals surface area contributed by atoms with Crippen LogP contribution in [0.1, 0.15) is 10.4 Å². The topological polar surface area (TPSA) is 110 Å². The Bertz CT molecular complexity index is 799. The zero-order valence-corrected chi connectivity index (χ0v) is 10.8. The monoisotopic (exact) mass is 288 g/mol. The molecule has 0 fully saturated rings. The lowest BCUT2D eigenvalue weighted by atomic mass is 10.1. The van der Waals surface area contributed by atoms with Gasteiger partial charge in [-0.05, 0) is 18.2 Å². The van der Waals surface area contributed by atoms with Crippen LogP contribution in [0.2, 0.25) is 5.02 Å². The van der Waals surface area contributed by atoms with Crippen molar-refractivity contribution in [1.29, 1.82) is 0 Å². The lowest BCUT2D eigenvalue weighted by Gasteiger charge is -2.06. The smallest absolute Gasteiger partial charge is 0.260 e. The Hall–Kier alpha value is -2.67. The van der Waals surface area contributed by atoms with Crippen molar-refractivity contribution in [3.05, 3.63) is 41.3 Å². The number of carbonyl (C=O) groups excluding carboxylic acids is 1. The summed E-state index contributed by atoms with van der Waals surface area (Å²) in [4.78, 5) is 27.1. The molecule has 0 aliphatic heterocycles. The maximum absolute atomic E-state index is 12.1. The van der Waals surface area contributed by atoms with Crippen LogP contribution in [0.5, 0.6) is 0 Å². The highest BCUT2D eigenvalue weighted by Crippen LogP contribution is 2.19. The van der Waals surface area contributed by atoms with Crippen LogP contribution in [0.25, 0.3) is 11.2 Å². The zero-order chi connectivity index (χ0) is 14.1. The lowest BCUT2D eigenvalue weighted by molar-refractivity contribution is 0.102. The quantitative estimate of drug-likeness (QED) is 0.623. The minimum Gasteiger partial charge on any atom is -0.398 e. The van der Waals surface area contributed by atoms with E-state index in [9.17, 15) is 4.79 Å². The van der Waals surface area contributed by atoms with Gasteiger partial charge in [0, 0.05) is 10.7 Å². The summed E-state index contributed by atoms with van der Waals surface area (Å²) in [6, 6.07) is 4.66. The molecule has 2 heterocycles. The van der Waals surface area contributed by atoms with Gasteiger partial charge < -0.3 is 10.7 Å². The van der Waals surface area contributed by atoms with Gasteiger partial charge in [-0.2, -0.15) is 4.98 Å². The van der Waals surface area contributed by atoms with E-state index in [1.54, 1.807) is 12.1 Å². The molecule has 0 aliphatic rings. The summed E-state index contributed by atoms with van der Waals surface area (Å²) in [6.45, 7) is 0. The van der Waals surface area contributed by atoms with E-state index in [-0.39, 0.29) is 11.5 Å². The van der Waals surface area contributed by atoms with Crippen molar-refractivity contribution >= 4 is 40.3 Å². The van der Waals surface area contributed by atoms with Gasteiger partial charge in [0.15, 0.2) is 5.65 Å². The summed E-state index contributed by atoms with van der Waals surface area (Å²) in [5.74, 6) is -0.283. The first-order valence-electron chi connectivity index (χ1n) is 5.66. The second kappa shape index (κ2) is 4.78. The maximum atomic E-state index is 12.1. The first-order valence-corrected chi connectivity index (χ1v) is 6.04. The van der Waals surface area contributed by atoms with E-state index in [4.69, 9.17) is 17.3 Å². The fourth-order valence-corrected chi connectivity index (χ4v) is 1.86. The molecule has 0 radical (unpaired) electrons. The Labute approximate surface area is 118 Å². The third-order valence-electron chi connectivity index (χ3n) is 2.66. The molecular weight excluding hydrogens is 280 g/mol. The molecule has 0 aliphatic carbocycles. The average Bonchev–Trinajstić information content (AvgIpc) is 2.89. The number of benzene rings is 1. The predicted molar refractivity (Wildman–Crippen MR) is 75.5 cm³/mol. The average molecular weight is 289 g/mol. The Morgan fingerprint density at radius 3 is 3.05 bits per heavy atom. The Kier molecular flexibility index (Phi) is 2.96. The van der Waals surface area contributed by atoms with Crippen LogP contribution in [0.3, 0.4) is 0 Å². The molecule has 3 aromatic rings. The Balaban J connectivity index is 1.89. The van der Waals surface area contributed by atoms with Crippen molar-refractivity contribution in [1.82, 2.24) is 19.9 Å². The van der Waals surface area contributed by atoms with Crippen LogP contribution >= 0.6 is 11.6 Å². The predicted octanol–water partition coefficient (Wildman–Crippen LogP) is 1.84. The van der Waals surface area contributed by atoms with Crippen LogP contribution in [0.15, 0.2) is 30.7 Å². The van der Waals surface area contributed by atoms with E-state index in [0.29, 0.717) is 21.9 Å². The second-order valence-electron chi connectivity index (χ2n) is 4.02. The summed E-state index contributed by atoms with van der Waals surface area (Å²) in [5.41, 5.74) is 7.49. The normalized spacial score (nSPS) is 10.7. The van der Waals surface area contributed by atoms with Crippen molar-refractivity contribution in [3.63, 3.8) is 0 Å². The fourth-order valence-electron chi connectivity index (χ4n) is 1.69. The largest absolute Gasteiger partial charge is 0.398 e. The SMILES string of the molecule is Nc1ccc(Cl)cc1C(=O)Nc1ncc2[nH]cnc2n1. The molecule has 0 saturated heterocycles. The fraction of sp³-hybridized carbons (Fsp3) is 0. The van der Waals surface area contributed by atoms with E-state index in [2.05, 4.69) is 25.3 Å². The number of rotatable bonds is 2. The number of nitrogen functional groups attached to an aromatic ring is 1. The maximum Gasteiger partial charge on any atom is 0.260 e. The molecule has 3 rings (SSSR count). The third kappa shape index (κ3) is 2.26. The van der Waals surface area contributed by atoms with Crippen molar-refractivity contribution in [2.24, 2.45) is 0 Å². The molecule has 100 valence electrons. The summed E-state index contributed by atoms with van der Waals surface area (Å²) in [5, 5.41) is 2.98. The summed E-state index contributed by atoms with van der Waals surface area (Å²) in [6.07, 6.45) is 3.03. The van der Waals surface area contributed by atoms with Gasteiger partial charge in [0.1, 0.15) is 5.52 Å². The van der Waals surface area contributed by atoms with Gasteiger partial charge in [0.25, 0.3) is 5.91 Å². The lowest BCUT2D eigenvalue weighted by Crippen LogP contribution is -2.16. The van der Waals surface area contributed by atoms with Crippen molar-refractivity contribution < 1.29 is 4.79 Å². The number of H-pyrrole nitrogens is 1. The van der Waals surface area contributed by atoms with Gasteiger partial charge in [-0.25, -0.2) is 9.97 Å². The molecular formula is C12H9ClN6O. The number of aromatic amines is 1. The number of hydrogen-bond acceptors (Lipinski definition) is 5. The van der Waals surface area contributed by atoms with E-state index in [1.807, 2.05) is 0 Å².